The zero-order valence-electron chi connectivity index (χ0n) is 11.0. The molecule has 6 nitrogen and oxygen atoms in total. The average Bonchev–Trinajstić information content (AvgIpc) is 2.65. The van der Waals surface area contributed by atoms with Crippen LogP contribution in [0.1, 0.15) is 28.7 Å². The van der Waals surface area contributed by atoms with E-state index in [1.54, 1.807) is 19.9 Å². The van der Waals surface area contributed by atoms with Gasteiger partial charge in [0.25, 0.3) is 0 Å². The van der Waals surface area contributed by atoms with Gasteiger partial charge in [-0.2, -0.15) is 4.73 Å². The smallest absolute Gasteiger partial charge is 0.340 e. The Hall–Kier alpha value is -1.98. The Morgan fingerprint density at radius 1 is 1.33 bits per heavy atom. The Labute approximate surface area is 105 Å². The molecule has 1 rings (SSSR count). The SMILES string of the molecule is CCOC(=O)c1cc(CC(=O)OC)n(OC)c1C. The van der Waals surface area contributed by atoms with Crippen LogP contribution in [-0.4, -0.2) is 37.5 Å². The molecule has 0 atom stereocenters. The lowest BCUT2D eigenvalue weighted by molar-refractivity contribution is -0.140. The molecule has 0 amide bonds. The molecule has 0 bridgehead atoms. The number of carbonyl (C=O) groups is 2. The molecule has 0 spiro atoms. The summed E-state index contributed by atoms with van der Waals surface area (Å²) in [4.78, 5) is 28.1. The molecule has 0 aromatic carbocycles. The third-order valence-electron chi connectivity index (χ3n) is 2.50. The summed E-state index contributed by atoms with van der Waals surface area (Å²) < 4.78 is 10.9. The molecule has 1 aromatic rings. The molecule has 6 heteroatoms. The first-order valence-corrected chi connectivity index (χ1v) is 5.54. The van der Waals surface area contributed by atoms with Crippen molar-refractivity contribution in [1.82, 2.24) is 4.73 Å². The maximum atomic E-state index is 11.7. The van der Waals surface area contributed by atoms with E-state index in [0.29, 0.717) is 23.6 Å². The van der Waals surface area contributed by atoms with Gasteiger partial charge in [0.2, 0.25) is 0 Å². The van der Waals surface area contributed by atoms with E-state index in [-0.39, 0.29) is 6.42 Å². The molecule has 0 aliphatic rings. The number of methoxy groups -OCH3 is 1. The van der Waals surface area contributed by atoms with Crippen LogP contribution in [-0.2, 0) is 20.7 Å². The zero-order chi connectivity index (χ0) is 13.7. The highest BCUT2D eigenvalue weighted by Gasteiger charge is 2.20. The molecule has 0 saturated heterocycles. The van der Waals surface area contributed by atoms with E-state index >= 15 is 0 Å². The Kier molecular flexibility index (Phi) is 4.76. The number of rotatable bonds is 5. The maximum Gasteiger partial charge on any atom is 0.340 e. The Morgan fingerprint density at radius 2 is 2.00 bits per heavy atom. The minimum absolute atomic E-state index is 0.0323. The van der Waals surface area contributed by atoms with Crippen molar-refractivity contribution in [1.29, 1.82) is 0 Å². The molecule has 18 heavy (non-hydrogen) atoms. The molecule has 0 N–H and O–H groups in total. The molecule has 0 aliphatic carbocycles. The molecular weight excluding hydrogens is 238 g/mol. The van der Waals surface area contributed by atoms with E-state index < -0.39 is 11.9 Å². The summed E-state index contributed by atoms with van der Waals surface area (Å²) in [6, 6.07) is 1.58. The number of esters is 2. The van der Waals surface area contributed by atoms with E-state index in [1.165, 1.54) is 19.0 Å². The summed E-state index contributed by atoms with van der Waals surface area (Å²) in [5.74, 6) is -0.835. The van der Waals surface area contributed by atoms with Crippen LogP contribution in [0.25, 0.3) is 0 Å². The number of nitrogens with zero attached hydrogens (tertiary/aromatic N) is 1. The van der Waals surface area contributed by atoms with Gasteiger partial charge in [0.15, 0.2) is 0 Å². The molecule has 0 saturated carbocycles. The van der Waals surface area contributed by atoms with Crippen molar-refractivity contribution in [3.63, 3.8) is 0 Å². The van der Waals surface area contributed by atoms with E-state index in [4.69, 9.17) is 9.57 Å². The fourth-order valence-electron chi connectivity index (χ4n) is 1.67. The minimum atomic E-state index is -0.433. The van der Waals surface area contributed by atoms with Crippen molar-refractivity contribution in [3.05, 3.63) is 23.0 Å². The summed E-state index contributed by atoms with van der Waals surface area (Å²) in [6.07, 6.45) is 0.0323. The normalized spacial score (nSPS) is 10.0. The average molecular weight is 255 g/mol. The molecule has 0 radical (unpaired) electrons. The maximum absolute atomic E-state index is 11.7. The first kappa shape index (κ1) is 14.1. The highest BCUT2D eigenvalue weighted by molar-refractivity contribution is 5.91. The van der Waals surface area contributed by atoms with Gasteiger partial charge in [0.1, 0.15) is 7.11 Å². The van der Waals surface area contributed by atoms with E-state index in [1.807, 2.05) is 0 Å². The van der Waals surface area contributed by atoms with Gasteiger partial charge in [-0.1, -0.05) is 0 Å². The fraction of sp³-hybridized carbons (Fsp3) is 0.500. The molecule has 1 aromatic heterocycles. The Morgan fingerprint density at radius 3 is 2.50 bits per heavy atom. The first-order valence-electron chi connectivity index (χ1n) is 5.54. The van der Waals surface area contributed by atoms with Crippen LogP contribution in [0.3, 0.4) is 0 Å². The number of carbonyl (C=O) groups excluding carboxylic acids is 2. The quantitative estimate of drug-likeness (QED) is 0.726. The van der Waals surface area contributed by atoms with Gasteiger partial charge >= 0.3 is 11.9 Å². The van der Waals surface area contributed by atoms with Crippen LogP contribution in [0.5, 0.6) is 0 Å². The number of ether oxygens (including phenoxy) is 2. The van der Waals surface area contributed by atoms with Crippen molar-refractivity contribution in [2.45, 2.75) is 20.3 Å². The first-order chi connectivity index (χ1) is 8.54. The highest BCUT2D eigenvalue weighted by atomic mass is 16.6. The summed E-state index contributed by atoms with van der Waals surface area (Å²) in [5, 5.41) is 0. The molecule has 1 heterocycles. The summed E-state index contributed by atoms with van der Waals surface area (Å²) in [5.41, 5.74) is 1.53. The monoisotopic (exact) mass is 255 g/mol. The lowest BCUT2D eigenvalue weighted by Crippen LogP contribution is -2.15. The predicted octanol–water partition coefficient (Wildman–Crippen LogP) is 0.747. The topological polar surface area (TPSA) is 66.8 Å². The van der Waals surface area contributed by atoms with Crippen LogP contribution < -0.4 is 4.84 Å². The van der Waals surface area contributed by atoms with E-state index in [9.17, 15) is 9.59 Å². The summed E-state index contributed by atoms with van der Waals surface area (Å²) in [7, 11) is 2.77. The van der Waals surface area contributed by atoms with Crippen LogP contribution in [0.2, 0.25) is 0 Å². The van der Waals surface area contributed by atoms with E-state index in [0.717, 1.165) is 0 Å². The standard InChI is InChI=1S/C12H17NO5/c1-5-18-12(15)10-6-9(7-11(14)16-3)13(17-4)8(10)2/h6H,5,7H2,1-4H3. The number of aromatic nitrogens is 1. The minimum Gasteiger partial charge on any atom is -0.469 e. The third kappa shape index (κ3) is 2.82. The number of hydrogen-bond acceptors (Lipinski definition) is 5. The van der Waals surface area contributed by atoms with Crippen LogP contribution in [0.15, 0.2) is 6.07 Å². The molecule has 0 unspecified atom stereocenters. The van der Waals surface area contributed by atoms with Gasteiger partial charge in [0, 0.05) is 0 Å². The summed E-state index contributed by atoms with van der Waals surface area (Å²) >= 11 is 0. The third-order valence-corrected chi connectivity index (χ3v) is 2.50. The fourth-order valence-corrected chi connectivity index (χ4v) is 1.67. The second kappa shape index (κ2) is 6.09. The van der Waals surface area contributed by atoms with Crippen molar-refractivity contribution in [3.8, 4) is 0 Å². The number of hydrogen-bond donors (Lipinski definition) is 0. The van der Waals surface area contributed by atoms with Crippen molar-refractivity contribution < 1.29 is 23.9 Å². The lowest BCUT2D eigenvalue weighted by atomic mass is 10.2. The predicted molar refractivity (Wildman–Crippen MR) is 63.3 cm³/mol. The molecule has 0 aliphatic heterocycles. The van der Waals surface area contributed by atoms with Crippen molar-refractivity contribution in [2.24, 2.45) is 0 Å². The van der Waals surface area contributed by atoms with Gasteiger partial charge in [-0.15, -0.1) is 0 Å². The summed E-state index contributed by atoms with van der Waals surface area (Å²) in [6.45, 7) is 3.75. The van der Waals surface area contributed by atoms with Gasteiger partial charge in [0.05, 0.1) is 37.1 Å². The van der Waals surface area contributed by atoms with Crippen LogP contribution in [0, 0.1) is 6.92 Å². The van der Waals surface area contributed by atoms with Gasteiger partial charge < -0.3 is 14.3 Å². The Balaban J connectivity index is 3.08. The van der Waals surface area contributed by atoms with Crippen LogP contribution >= 0.6 is 0 Å². The van der Waals surface area contributed by atoms with Crippen molar-refractivity contribution >= 4 is 11.9 Å². The molecule has 0 fully saturated rings. The van der Waals surface area contributed by atoms with E-state index in [2.05, 4.69) is 4.74 Å². The lowest BCUT2D eigenvalue weighted by Gasteiger charge is -2.08. The second-order valence-corrected chi connectivity index (χ2v) is 3.59. The molecule has 100 valence electrons. The van der Waals surface area contributed by atoms with Gasteiger partial charge in [-0.25, -0.2) is 4.79 Å². The Bertz CT molecular complexity index is 450. The largest absolute Gasteiger partial charge is 0.469 e. The van der Waals surface area contributed by atoms with Crippen LogP contribution in [0.4, 0.5) is 0 Å². The highest BCUT2D eigenvalue weighted by Crippen LogP contribution is 2.16. The second-order valence-electron chi connectivity index (χ2n) is 3.59. The van der Waals surface area contributed by atoms with Gasteiger partial charge in [-0.05, 0) is 19.9 Å². The van der Waals surface area contributed by atoms with Crippen molar-refractivity contribution in [2.75, 3.05) is 20.8 Å². The molecular formula is C12H17NO5. The van der Waals surface area contributed by atoms with Gasteiger partial charge in [-0.3, -0.25) is 4.79 Å². The zero-order valence-corrected chi connectivity index (χ0v) is 11.0.